The zero-order valence-electron chi connectivity index (χ0n) is 19.8. The molecule has 5 nitrogen and oxygen atoms in total. The van der Waals surface area contributed by atoms with Gasteiger partial charge in [-0.2, -0.15) is 0 Å². The number of likely N-dealkylation sites (N-methyl/N-ethyl adjacent to an activating group) is 1. The first-order valence-electron chi connectivity index (χ1n) is 12.1. The molecule has 1 saturated heterocycles. The van der Waals surface area contributed by atoms with Crippen LogP contribution in [0.25, 0.3) is 0 Å². The van der Waals surface area contributed by atoms with Gasteiger partial charge in [0, 0.05) is 49.7 Å². The normalized spacial score (nSPS) is 15.5. The SMILES string of the molecule is CN(CCc1cccc(N2CCOCC2)c1)CCN1c2ccc(F)cc2COc2ccccc21. The van der Waals surface area contributed by atoms with Crippen molar-refractivity contribution in [3.8, 4) is 5.75 Å². The molecule has 0 radical (unpaired) electrons. The molecular formula is C28H32FN3O2. The Hall–Kier alpha value is -3.09. The van der Waals surface area contributed by atoms with Crippen molar-refractivity contribution in [3.05, 3.63) is 83.7 Å². The Morgan fingerprint density at radius 3 is 2.65 bits per heavy atom. The Morgan fingerprint density at radius 1 is 0.912 bits per heavy atom. The van der Waals surface area contributed by atoms with Crippen LogP contribution in [0, 0.1) is 5.82 Å². The van der Waals surface area contributed by atoms with Crippen LogP contribution in [0.2, 0.25) is 0 Å². The largest absolute Gasteiger partial charge is 0.487 e. The molecule has 0 aromatic heterocycles. The first kappa shape index (κ1) is 22.7. The first-order valence-corrected chi connectivity index (χ1v) is 12.1. The summed E-state index contributed by atoms with van der Waals surface area (Å²) < 4.78 is 25.4. The fraction of sp³-hybridized carbons (Fsp3) is 0.357. The van der Waals surface area contributed by atoms with Crippen LogP contribution in [0.1, 0.15) is 11.1 Å². The van der Waals surface area contributed by atoms with Gasteiger partial charge in [-0.1, -0.05) is 24.3 Å². The van der Waals surface area contributed by atoms with E-state index >= 15 is 0 Å². The van der Waals surface area contributed by atoms with E-state index in [0.29, 0.717) is 6.61 Å². The smallest absolute Gasteiger partial charge is 0.143 e. The molecule has 0 unspecified atom stereocenters. The third kappa shape index (κ3) is 5.18. The number of fused-ring (bicyclic) bond motifs is 2. The van der Waals surface area contributed by atoms with Gasteiger partial charge in [0.1, 0.15) is 18.2 Å². The van der Waals surface area contributed by atoms with Gasteiger partial charge in [0.15, 0.2) is 0 Å². The number of hydrogen-bond donors (Lipinski definition) is 0. The van der Waals surface area contributed by atoms with Gasteiger partial charge in [0.25, 0.3) is 0 Å². The fourth-order valence-corrected chi connectivity index (χ4v) is 4.69. The molecule has 0 spiro atoms. The molecule has 0 N–H and O–H groups in total. The highest BCUT2D eigenvalue weighted by Gasteiger charge is 2.22. The highest BCUT2D eigenvalue weighted by atomic mass is 19.1. The minimum absolute atomic E-state index is 0.232. The molecule has 0 aliphatic carbocycles. The van der Waals surface area contributed by atoms with Gasteiger partial charge < -0.3 is 24.2 Å². The molecule has 0 bridgehead atoms. The fourth-order valence-electron chi connectivity index (χ4n) is 4.69. The summed E-state index contributed by atoms with van der Waals surface area (Å²) in [6, 6.07) is 21.9. The van der Waals surface area contributed by atoms with E-state index in [1.54, 1.807) is 6.07 Å². The van der Waals surface area contributed by atoms with Gasteiger partial charge in [-0.15, -0.1) is 0 Å². The number of rotatable bonds is 7. The minimum Gasteiger partial charge on any atom is -0.487 e. The van der Waals surface area contributed by atoms with Crippen LogP contribution in [0.3, 0.4) is 0 Å². The molecule has 2 aliphatic rings. The Morgan fingerprint density at radius 2 is 1.76 bits per heavy atom. The summed E-state index contributed by atoms with van der Waals surface area (Å²) in [5, 5.41) is 0. The zero-order chi connectivity index (χ0) is 23.3. The standard InChI is InChI=1S/C28H32FN3O2/c1-30(12-11-22-5-4-6-25(19-22)31-15-17-33-18-16-31)13-14-32-26-10-9-24(29)20-23(26)21-34-28-8-3-2-7-27(28)32/h2-10,19-20H,11-18,21H2,1H3. The molecule has 5 rings (SSSR count). The van der Waals surface area contributed by atoms with Gasteiger partial charge in [-0.3, -0.25) is 0 Å². The van der Waals surface area contributed by atoms with E-state index in [1.165, 1.54) is 17.3 Å². The van der Waals surface area contributed by atoms with Crippen LogP contribution in [0.5, 0.6) is 5.75 Å². The quantitative estimate of drug-likeness (QED) is 0.501. The van der Waals surface area contributed by atoms with Crippen molar-refractivity contribution >= 4 is 17.1 Å². The zero-order valence-corrected chi connectivity index (χ0v) is 19.8. The number of benzene rings is 3. The lowest BCUT2D eigenvalue weighted by Gasteiger charge is -2.29. The van der Waals surface area contributed by atoms with Crippen LogP contribution in [-0.4, -0.2) is 57.9 Å². The topological polar surface area (TPSA) is 28.2 Å². The van der Waals surface area contributed by atoms with Crippen molar-refractivity contribution in [1.82, 2.24) is 4.90 Å². The second kappa shape index (κ2) is 10.5. The number of nitrogens with zero attached hydrogens (tertiary/aromatic N) is 3. The van der Waals surface area contributed by atoms with Crippen molar-refractivity contribution in [2.75, 3.05) is 62.8 Å². The molecular weight excluding hydrogens is 429 g/mol. The number of para-hydroxylation sites is 2. The van der Waals surface area contributed by atoms with Crippen molar-refractivity contribution in [3.63, 3.8) is 0 Å². The van der Waals surface area contributed by atoms with E-state index in [4.69, 9.17) is 9.47 Å². The maximum atomic E-state index is 13.9. The number of hydrogen-bond acceptors (Lipinski definition) is 5. The second-order valence-corrected chi connectivity index (χ2v) is 9.00. The van der Waals surface area contributed by atoms with E-state index in [2.05, 4.69) is 52.1 Å². The van der Waals surface area contributed by atoms with E-state index in [9.17, 15) is 4.39 Å². The highest BCUT2D eigenvalue weighted by Crippen LogP contribution is 2.39. The second-order valence-electron chi connectivity index (χ2n) is 9.00. The number of anilines is 3. The maximum Gasteiger partial charge on any atom is 0.143 e. The van der Waals surface area contributed by atoms with Crippen LogP contribution in [-0.2, 0) is 17.8 Å². The molecule has 178 valence electrons. The number of halogens is 1. The summed E-state index contributed by atoms with van der Waals surface area (Å²) in [5.41, 5.74) is 5.55. The lowest BCUT2D eigenvalue weighted by Crippen LogP contribution is -2.36. The Bertz CT molecular complexity index is 1120. The molecule has 1 fully saturated rings. The van der Waals surface area contributed by atoms with Crippen molar-refractivity contribution < 1.29 is 13.9 Å². The lowest BCUT2D eigenvalue weighted by molar-refractivity contribution is 0.122. The molecule has 6 heteroatoms. The van der Waals surface area contributed by atoms with Crippen LogP contribution in [0.15, 0.2) is 66.7 Å². The van der Waals surface area contributed by atoms with E-state index < -0.39 is 0 Å². The monoisotopic (exact) mass is 461 g/mol. The van der Waals surface area contributed by atoms with Crippen molar-refractivity contribution in [2.24, 2.45) is 0 Å². The average Bonchev–Trinajstić information content (AvgIpc) is 3.03. The van der Waals surface area contributed by atoms with Gasteiger partial charge >= 0.3 is 0 Å². The highest BCUT2D eigenvalue weighted by molar-refractivity contribution is 5.72. The van der Waals surface area contributed by atoms with Crippen LogP contribution in [0.4, 0.5) is 21.5 Å². The summed E-state index contributed by atoms with van der Waals surface area (Å²) in [6.45, 7) is 6.52. The minimum atomic E-state index is -0.232. The van der Waals surface area contributed by atoms with Crippen molar-refractivity contribution in [1.29, 1.82) is 0 Å². The molecule has 3 aromatic carbocycles. The summed E-state index contributed by atoms with van der Waals surface area (Å²) in [4.78, 5) is 7.02. The van der Waals surface area contributed by atoms with Crippen molar-refractivity contribution in [2.45, 2.75) is 13.0 Å². The Kier molecular flexibility index (Phi) is 6.97. The molecule has 3 aromatic rings. The number of morpholine rings is 1. The first-order chi connectivity index (χ1) is 16.7. The molecule has 0 amide bonds. The lowest BCUT2D eigenvalue weighted by atomic mass is 10.1. The van der Waals surface area contributed by atoms with Gasteiger partial charge in [0.2, 0.25) is 0 Å². The Labute approximate surface area is 201 Å². The third-order valence-electron chi connectivity index (χ3n) is 6.65. The molecule has 0 saturated carbocycles. The van der Waals surface area contributed by atoms with E-state index in [0.717, 1.165) is 75.0 Å². The van der Waals surface area contributed by atoms with Gasteiger partial charge in [0.05, 0.1) is 18.9 Å². The molecule has 0 atom stereocenters. The predicted octanol–water partition coefficient (Wildman–Crippen LogP) is 4.87. The summed E-state index contributed by atoms with van der Waals surface area (Å²) in [5.74, 6) is 0.603. The molecule has 2 aliphatic heterocycles. The summed E-state index contributed by atoms with van der Waals surface area (Å²) >= 11 is 0. The van der Waals surface area contributed by atoms with Crippen LogP contribution < -0.4 is 14.5 Å². The maximum absolute atomic E-state index is 13.9. The van der Waals surface area contributed by atoms with E-state index in [1.807, 2.05) is 24.3 Å². The Balaban J connectivity index is 1.24. The van der Waals surface area contributed by atoms with Gasteiger partial charge in [-0.05, 0) is 61.5 Å². The predicted molar refractivity (Wildman–Crippen MR) is 135 cm³/mol. The van der Waals surface area contributed by atoms with E-state index in [-0.39, 0.29) is 5.82 Å². The van der Waals surface area contributed by atoms with Gasteiger partial charge in [-0.25, -0.2) is 4.39 Å². The molecule has 2 heterocycles. The molecule has 34 heavy (non-hydrogen) atoms. The summed E-state index contributed by atoms with van der Waals surface area (Å²) in [6.07, 6.45) is 0.996. The van der Waals surface area contributed by atoms with Crippen LogP contribution >= 0.6 is 0 Å². The number of ether oxygens (including phenoxy) is 2. The summed E-state index contributed by atoms with van der Waals surface area (Å²) in [7, 11) is 2.16. The third-order valence-corrected chi connectivity index (χ3v) is 6.65. The average molecular weight is 462 g/mol.